The maximum absolute atomic E-state index is 2.33. The van der Waals surface area contributed by atoms with Crippen molar-refractivity contribution in [3.63, 3.8) is 0 Å². The number of halogens is 2. The summed E-state index contributed by atoms with van der Waals surface area (Å²) in [6, 6.07) is 32.3. The first-order valence-electron chi connectivity index (χ1n) is 9.70. The van der Waals surface area contributed by atoms with Crippen LogP contribution in [0.3, 0.4) is 0 Å². The average Bonchev–Trinajstić information content (AvgIpc) is 3.39. The summed E-state index contributed by atoms with van der Waals surface area (Å²) in [4.78, 5) is 0. The standard InChI is InChI=1S/C18H14N.C8H11.2FH.Zr/c1-13-10-16-8-4-5-9-18(16)19(13)17-11-14-6-2-3-7-15(14)12-17;1-2-5-8-6-3-4-7-8;;;/h2-12H,1H3;3-4,6-7H,2,5H2,1H3;2*1H;/q2*-1;;;+4/p-2. The van der Waals surface area contributed by atoms with Gasteiger partial charge in [0.05, 0.1) is 5.52 Å². The van der Waals surface area contributed by atoms with Gasteiger partial charge in [-0.3, -0.25) is 0 Å². The van der Waals surface area contributed by atoms with E-state index in [2.05, 4.69) is 109 Å². The number of hydrogen-bond donors (Lipinski definition) is 0. The Morgan fingerprint density at radius 1 is 0.833 bits per heavy atom. The molecule has 0 N–H and O–H groups in total. The maximum Gasteiger partial charge on any atom is 4.00 e. The van der Waals surface area contributed by atoms with E-state index < -0.39 is 0 Å². The number of aromatic nitrogens is 1. The molecule has 0 amide bonds. The molecule has 0 aliphatic rings. The average molecular weight is 481 g/mol. The van der Waals surface area contributed by atoms with Crippen molar-refractivity contribution in [2.75, 3.05) is 0 Å². The Balaban J connectivity index is 0.000000355. The Morgan fingerprint density at radius 3 is 2.13 bits per heavy atom. The molecule has 5 rings (SSSR count). The van der Waals surface area contributed by atoms with Gasteiger partial charge in [-0.05, 0) is 24.7 Å². The summed E-state index contributed by atoms with van der Waals surface area (Å²) in [5, 5.41) is 3.90. The van der Waals surface area contributed by atoms with Gasteiger partial charge in [0.2, 0.25) is 0 Å². The summed E-state index contributed by atoms with van der Waals surface area (Å²) >= 11 is 0. The molecule has 152 valence electrons. The second-order valence-electron chi connectivity index (χ2n) is 7.07. The summed E-state index contributed by atoms with van der Waals surface area (Å²) in [7, 11) is 0. The van der Waals surface area contributed by atoms with E-state index in [1.54, 1.807) is 0 Å². The van der Waals surface area contributed by atoms with Crippen LogP contribution in [0.4, 0.5) is 0 Å². The van der Waals surface area contributed by atoms with Crippen molar-refractivity contribution in [3.05, 3.63) is 102 Å². The molecule has 0 unspecified atom stereocenters. The van der Waals surface area contributed by atoms with Crippen LogP contribution >= 0.6 is 0 Å². The molecule has 0 saturated carbocycles. The van der Waals surface area contributed by atoms with Gasteiger partial charge in [-0.2, -0.15) is 17.7 Å². The maximum atomic E-state index is 2.33. The molecule has 0 saturated heterocycles. The molecule has 4 heteroatoms. The molecule has 0 radical (unpaired) electrons. The first kappa shape index (κ1) is 25.7. The summed E-state index contributed by atoms with van der Waals surface area (Å²) in [5.74, 6) is 0. The van der Waals surface area contributed by atoms with Crippen molar-refractivity contribution >= 4 is 21.7 Å². The predicted molar refractivity (Wildman–Crippen MR) is 117 cm³/mol. The molecule has 1 aromatic heterocycles. The van der Waals surface area contributed by atoms with E-state index in [9.17, 15) is 0 Å². The molecule has 0 atom stereocenters. The minimum Gasteiger partial charge on any atom is -1.00 e. The Labute approximate surface area is 195 Å². The Kier molecular flexibility index (Phi) is 10.1. The van der Waals surface area contributed by atoms with E-state index in [1.165, 1.54) is 51.5 Å². The monoisotopic (exact) mass is 479 g/mol. The number of rotatable bonds is 3. The SMILES string of the molecule is CCC[c-]1cccc1.Cc1cc2ccccc2n1-c1cc2ccccc2[cH-]1.[F-].[F-].[Zr+4]. The molecule has 1 heterocycles. The van der Waals surface area contributed by atoms with E-state index in [4.69, 9.17) is 0 Å². The van der Waals surface area contributed by atoms with E-state index >= 15 is 0 Å². The van der Waals surface area contributed by atoms with E-state index in [-0.39, 0.29) is 35.6 Å². The van der Waals surface area contributed by atoms with Crippen molar-refractivity contribution in [1.82, 2.24) is 4.57 Å². The molecule has 5 aromatic rings. The third-order valence-corrected chi connectivity index (χ3v) is 5.03. The van der Waals surface area contributed by atoms with Gasteiger partial charge in [0.25, 0.3) is 0 Å². The van der Waals surface area contributed by atoms with Gasteiger partial charge in [0.15, 0.2) is 0 Å². The van der Waals surface area contributed by atoms with Gasteiger partial charge in [-0.25, -0.2) is 12.1 Å². The predicted octanol–water partition coefficient (Wildman–Crippen LogP) is 1.17. The Hall–Kier alpha value is -2.32. The van der Waals surface area contributed by atoms with Gasteiger partial charge >= 0.3 is 26.2 Å². The van der Waals surface area contributed by atoms with Crippen molar-refractivity contribution in [3.8, 4) is 5.69 Å². The van der Waals surface area contributed by atoms with E-state index in [1.807, 2.05) is 0 Å². The largest absolute Gasteiger partial charge is 4.00 e. The van der Waals surface area contributed by atoms with Crippen LogP contribution in [0.1, 0.15) is 24.6 Å². The van der Waals surface area contributed by atoms with Gasteiger partial charge in [-0.15, -0.1) is 41.1 Å². The fourth-order valence-corrected chi connectivity index (χ4v) is 3.77. The van der Waals surface area contributed by atoms with E-state index in [0.717, 1.165) is 0 Å². The number of para-hydroxylation sites is 1. The molecule has 0 spiro atoms. The summed E-state index contributed by atoms with van der Waals surface area (Å²) in [6.07, 6.45) is 2.48. The third-order valence-electron chi connectivity index (χ3n) is 5.03. The number of fused-ring (bicyclic) bond motifs is 2. The third kappa shape index (κ3) is 5.43. The molecule has 0 aliphatic heterocycles. The van der Waals surface area contributed by atoms with E-state index in [0.29, 0.717) is 0 Å². The topological polar surface area (TPSA) is 4.93 Å². The van der Waals surface area contributed by atoms with Crippen molar-refractivity contribution in [2.45, 2.75) is 26.7 Å². The van der Waals surface area contributed by atoms with Gasteiger partial charge < -0.3 is 14.0 Å². The zero-order chi connectivity index (χ0) is 18.6. The van der Waals surface area contributed by atoms with Crippen molar-refractivity contribution in [2.24, 2.45) is 0 Å². The van der Waals surface area contributed by atoms with Gasteiger partial charge in [-0.1, -0.05) is 44.0 Å². The summed E-state index contributed by atoms with van der Waals surface area (Å²) < 4.78 is 2.33. The zero-order valence-electron chi connectivity index (χ0n) is 17.3. The minimum atomic E-state index is 0. The number of aryl methyl sites for hydroxylation is 2. The first-order chi connectivity index (χ1) is 13.3. The van der Waals surface area contributed by atoms with Crippen molar-refractivity contribution in [1.29, 1.82) is 0 Å². The smallest absolute Gasteiger partial charge is 1.00 e. The quantitative estimate of drug-likeness (QED) is 0.342. The van der Waals surface area contributed by atoms with Gasteiger partial charge in [0.1, 0.15) is 0 Å². The van der Waals surface area contributed by atoms with Crippen molar-refractivity contribution < 1.29 is 35.6 Å². The van der Waals surface area contributed by atoms with Crippen LogP contribution in [-0.2, 0) is 32.6 Å². The first-order valence-corrected chi connectivity index (χ1v) is 9.70. The van der Waals surface area contributed by atoms with Crippen LogP contribution in [0.25, 0.3) is 27.4 Å². The van der Waals surface area contributed by atoms with Crippen LogP contribution < -0.4 is 9.41 Å². The molecule has 0 bridgehead atoms. The fourth-order valence-electron chi connectivity index (χ4n) is 3.77. The van der Waals surface area contributed by atoms with Crippen LogP contribution in [0.5, 0.6) is 0 Å². The zero-order valence-corrected chi connectivity index (χ0v) is 19.7. The fraction of sp³-hybridized carbons (Fsp3) is 0.154. The molecular formula is C26H25F2NZr. The molecular weight excluding hydrogens is 456 g/mol. The van der Waals surface area contributed by atoms with Crippen LogP contribution in [0, 0.1) is 6.92 Å². The second kappa shape index (κ2) is 11.8. The van der Waals surface area contributed by atoms with Crippen LogP contribution in [0.2, 0.25) is 0 Å². The molecule has 1 nitrogen and oxygen atoms in total. The van der Waals surface area contributed by atoms with Crippen LogP contribution in [-0.4, -0.2) is 4.57 Å². The minimum absolute atomic E-state index is 0. The summed E-state index contributed by atoms with van der Waals surface area (Å²) in [5.41, 5.74) is 5.26. The molecule has 0 aliphatic carbocycles. The normalized spacial score (nSPS) is 9.80. The molecule has 0 fully saturated rings. The second-order valence-corrected chi connectivity index (χ2v) is 7.07. The molecule has 4 aromatic carbocycles. The Morgan fingerprint density at radius 2 is 1.47 bits per heavy atom. The van der Waals surface area contributed by atoms with Gasteiger partial charge in [0, 0.05) is 11.1 Å². The number of nitrogens with zero attached hydrogens (tertiary/aromatic N) is 1. The number of hydrogen-bond acceptors (Lipinski definition) is 0. The molecule has 30 heavy (non-hydrogen) atoms. The Bertz CT molecular complexity index is 1120. The summed E-state index contributed by atoms with van der Waals surface area (Å²) in [6.45, 7) is 4.37. The van der Waals surface area contributed by atoms with Crippen LogP contribution in [0.15, 0.2) is 91.0 Å². The number of benzene rings is 2.